The van der Waals surface area contributed by atoms with E-state index in [0.717, 1.165) is 16.7 Å². The molecule has 1 aliphatic rings. The van der Waals surface area contributed by atoms with Crippen molar-refractivity contribution in [2.75, 3.05) is 6.54 Å². The van der Waals surface area contributed by atoms with Crippen LogP contribution in [0.1, 0.15) is 35.1 Å². The third kappa shape index (κ3) is 1.97. The van der Waals surface area contributed by atoms with Gasteiger partial charge in [-0.05, 0) is 43.0 Å². The Hall–Kier alpha value is -0.960. The van der Waals surface area contributed by atoms with E-state index in [4.69, 9.17) is 5.73 Å². The van der Waals surface area contributed by atoms with Crippen LogP contribution < -0.4 is 5.73 Å². The summed E-state index contributed by atoms with van der Waals surface area (Å²) in [6.07, 6.45) is -0.223. The van der Waals surface area contributed by atoms with Gasteiger partial charge in [-0.3, -0.25) is 0 Å². The minimum atomic E-state index is -2.54. The lowest BCUT2D eigenvalue weighted by Gasteiger charge is -2.48. The Labute approximate surface area is 101 Å². The summed E-state index contributed by atoms with van der Waals surface area (Å²) in [7, 11) is 0. The third-order valence-corrected chi connectivity index (χ3v) is 4.00. The molecule has 1 aromatic rings. The van der Waals surface area contributed by atoms with Crippen molar-refractivity contribution >= 4 is 0 Å². The van der Waals surface area contributed by atoms with Crippen molar-refractivity contribution in [3.05, 3.63) is 34.4 Å². The number of rotatable bonds is 2. The molecule has 1 aromatic carbocycles. The maximum atomic E-state index is 13.2. The fraction of sp³-hybridized carbons (Fsp3) is 0.571. The van der Waals surface area contributed by atoms with Crippen LogP contribution in [0.3, 0.4) is 0 Å². The van der Waals surface area contributed by atoms with Gasteiger partial charge in [0.1, 0.15) is 0 Å². The smallest absolute Gasteiger partial charge is 0.250 e. The molecule has 17 heavy (non-hydrogen) atoms. The van der Waals surface area contributed by atoms with Gasteiger partial charge in [-0.2, -0.15) is 0 Å². The van der Waals surface area contributed by atoms with Crippen LogP contribution >= 0.6 is 0 Å². The average molecular weight is 239 g/mol. The van der Waals surface area contributed by atoms with Crippen molar-refractivity contribution in [2.24, 2.45) is 5.73 Å². The molecule has 0 aromatic heterocycles. The Balaban J connectivity index is 2.43. The first kappa shape index (κ1) is 12.5. The number of nitrogens with two attached hydrogens (primary N) is 1. The molecule has 0 radical (unpaired) electrons. The number of hydrogen-bond acceptors (Lipinski definition) is 1. The molecule has 1 nitrogen and oxygen atoms in total. The number of halogens is 2. The van der Waals surface area contributed by atoms with Crippen LogP contribution in [0.15, 0.2) is 12.1 Å². The first-order valence-electron chi connectivity index (χ1n) is 5.96. The van der Waals surface area contributed by atoms with Crippen molar-refractivity contribution in [2.45, 2.75) is 45.0 Å². The average Bonchev–Trinajstić information content (AvgIpc) is 2.19. The second-order valence-electron chi connectivity index (χ2n) is 5.45. The summed E-state index contributed by atoms with van der Waals surface area (Å²) in [5.74, 6) is -2.54. The van der Waals surface area contributed by atoms with Gasteiger partial charge in [0.25, 0.3) is 0 Å². The highest BCUT2D eigenvalue weighted by atomic mass is 19.3. The van der Waals surface area contributed by atoms with E-state index in [1.165, 1.54) is 5.56 Å². The summed E-state index contributed by atoms with van der Waals surface area (Å²) in [6, 6.07) is 4.10. The second-order valence-corrected chi connectivity index (χ2v) is 5.45. The molecule has 0 aliphatic heterocycles. The van der Waals surface area contributed by atoms with Gasteiger partial charge in [-0.25, -0.2) is 8.78 Å². The van der Waals surface area contributed by atoms with Crippen molar-refractivity contribution in [1.82, 2.24) is 0 Å². The Bertz CT molecular complexity index is 444. The van der Waals surface area contributed by atoms with E-state index in [9.17, 15) is 8.78 Å². The summed E-state index contributed by atoms with van der Waals surface area (Å²) in [6.45, 7) is 6.33. The maximum absolute atomic E-state index is 13.2. The SMILES string of the molecule is Cc1cc(C)c(C2(CN)CC(F)(F)C2)cc1C. The van der Waals surface area contributed by atoms with E-state index in [0.29, 0.717) is 6.54 Å². The van der Waals surface area contributed by atoms with E-state index in [1.54, 1.807) is 0 Å². The lowest BCUT2D eigenvalue weighted by Crippen LogP contribution is -2.54. The van der Waals surface area contributed by atoms with Gasteiger partial charge in [0.05, 0.1) is 0 Å². The Morgan fingerprint density at radius 3 is 2.06 bits per heavy atom. The minimum absolute atomic E-state index is 0.111. The van der Waals surface area contributed by atoms with Crippen molar-refractivity contribution < 1.29 is 8.78 Å². The van der Waals surface area contributed by atoms with Gasteiger partial charge >= 0.3 is 0 Å². The van der Waals surface area contributed by atoms with Gasteiger partial charge in [0.2, 0.25) is 5.92 Å². The first-order valence-corrected chi connectivity index (χ1v) is 5.96. The predicted molar refractivity (Wildman–Crippen MR) is 65.6 cm³/mol. The molecule has 0 bridgehead atoms. The molecule has 0 unspecified atom stereocenters. The third-order valence-electron chi connectivity index (χ3n) is 4.00. The van der Waals surface area contributed by atoms with E-state index in [2.05, 4.69) is 6.07 Å². The van der Waals surface area contributed by atoms with Gasteiger partial charge in [-0.1, -0.05) is 12.1 Å². The first-order chi connectivity index (χ1) is 7.80. The second kappa shape index (κ2) is 3.77. The van der Waals surface area contributed by atoms with Crippen LogP contribution in [-0.4, -0.2) is 12.5 Å². The van der Waals surface area contributed by atoms with Crippen LogP contribution in [0.2, 0.25) is 0 Å². The quantitative estimate of drug-likeness (QED) is 0.842. The molecule has 0 amide bonds. The zero-order chi connectivity index (χ0) is 12.8. The molecule has 0 heterocycles. The van der Waals surface area contributed by atoms with Crippen LogP contribution in [0, 0.1) is 20.8 Å². The molecule has 0 saturated heterocycles. The lowest BCUT2D eigenvalue weighted by molar-refractivity contribution is -0.123. The zero-order valence-corrected chi connectivity index (χ0v) is 10.6. The molecule has 3 heteroatoms. The number of benzene rings is 1. The molecular weight excluding hydrogens is 220 g/mol. The van der Waals surface area contributed by atoms with E-state index in [-0.39, 0.29) is 12.8 Å². The summed E-state index contributed by atoms with van der Waals surface area (Å²) in [5, 5.41) is 0. The molecule has 2 N–H and O–H groups in total. The van der Waals surface area contributed by atoms with Crippen molar-refractivity contribution in [3.8, 4) is 0 Å². The van der Waals surface area contributed by atoms with E-state index >= 15 is 0 Å². The highest BCUT2D eigenvalue weighted by Gasteiger charge is 2.56. The summed E-state index contributed by atoms with van der Waals surface area (Å²) in [5.41, 5.74) is 9.67. The monoisotopic (exact) mass is 239 g/mol. The molecule has 1 aliphatic carbocycles. The number of aryl methyl sites for hydroxylation is 3. The number of hydrogen-bond donors (Lipinski definition) is 1. The molecular formula is C14H19F2N. The fourth-order valence-corrected chi connectivity index (χ4v) is 2.91. The highest BCUT2D eigenvalue weighted by Crippen LogP contribution is 2.53. The summed E-state index contributed by atoms with van der Waals surface area (Å²) in [4.78, 5) is 0. The van der Waals surface area contributed by atoms with Gasteiger partial charge in [0, 0.05) is 24.8 Å². The van der Waals surface area contributed by atoms with Crippen molar-refractivity contribution in [1.29, 1.82) is 0 Å². The Kier molecular flexibility index (Phi) is 2.77. The van der Waals surface area contributed by atoms with Crippen LogP contribution in [-0.2, 0) is 5.41 Å². The summed E-state index contributed by atoms with van der Waals surface area (Å²) < 4.78 is 26.3. The van der Waals surface area contributed by atoms with Gasteiger partial charge in [-0.15, -0.1) is 0 Å². The lowest BCUT2D eigenvalue weighted by atomic mass is 9.61. The topological polar surface area (TPSA) is 26.0 Å². The molecule has 1 saturated carbocycles. The predicted octanol–water partition coefficient (Wildman–Crippen LogP) is 3.24. The standard InChI is InChI=1S/C14H19F2N/c1-9-4-11(3)12(5-10(9)2)13(8-17)6-14(15,16)7-13/h4-5H,6-8,17H2,1-3H3. The zero-order valence-electron chi connectivity index (χ0n) is 10.6. The van der Waals surface area contributed by atoms with E-state index in [1.807, 2.05) is 26.8 Å². The molecule has 1 fully saturated rings. The summed E-state index contributed by atoms with van der Waals surface area (Å²) >= 11 is 0. The largest absolute Gasteiger partial charge is 0.330 e. The fourth-order valence-electron chi connectivity index (χ4n) is 2.91. The number of alkyl halides is 2. The Morgan fingerprint density at radius 2 is 1.59 bits per heavy atom. The van der Waals surface area contributed by atoms with Crippen molar-refractivity contribution in [3.63, 3.8) is 0 Å². The molecule has 0 atom stereocenters. The van der Waals surface area contributed by atoms with Gasteiger partial charge < -0.3 is 5.73 Å². The van der Waals surface area contributed by atoms with Crippen LogP contribution in [0.5, 0.6) is 0 Å². The van der Waals surface area contributed by atoms with E-state index < -0.39 is 11.3 Å². The minimum Gasteiger partial charge on any atom is -0.330 e. The molecule has 2 rings (SSSR count). The normalized spacial score (nSPS) is 21.1. The van der Waals surface area contributed by atoms with Gasteiger partial charge in [0.15, 0.2) is 0 Å². The van der Waals surface area contributed by atoms with Crippen LogP contribution in [0.4, 0.5) is 8.78 Å². The molecule has 0 spiro atoms. The maximum Gasteiger partial charge on any atom is 0.250 e. The highest BCUT2D eigenvalue weighted by molar-refractivity contribution is 5.43. The Morgan fingerprint density at radius 1 is 1.06 bits per heavy atom. The molecule has 94 valence electrons. The van der Waals surface area contributed by atoms with Crippen LogP contribution in [0.25, 0.3) is 0 Å².